The van der Waals surface area contributed by atoms with Crippen LogP contribution in [0.15, 0.2) is 83.8 Å². The lowest BCUT2D eigenvalue weighted by atomic mass is 10.0. The van der Waals surface area contributed by atoms with Crippen LogP contribution in [-0.4, -0.2) is 93.1 Å². The summed E-state index contributed by atoms with van der Waals surface area (Å²) in [6, 6.07) is 19.7. The van der Waals surface area contributed by atoms with Crippen LogP contribution >= 0.6 is 7.60 Å². The maximum absolute atomic E-state index is 13.8. The molecular formula is C35H45N2O12PS. The van der Waals surface area contributed by atoms with Crippen LogP contribution in [-0.2, 0) is 35.2 Å². The minimum absolute atomic E-state index is 0.0341. The van der Waals surface area contributed by atoms with Gasteiger partial charge in [-0.1, -0.05) is 44.2 Å². The van der Waals surface area contributed by atoms with Crippen molar-refractivity contribution in [1.29, 1.82) is 0 Å². The molecule has 0 saturated carbocycles. The maximum atomic E-state index is 13.8. The Morgan fingerprint density at radius 1 is 0.980 bits per heavy atom. The van der Waals surface area contributed by atoms with E-state index in [9.17, 15) is 27.8 Å². The second kappa shape index (κ2) is 17.2. The van der Waals surface area contributed by atoms with E-state index in [0.29, 0.717) is 24.3 Å². The van der Waals surface area contributed by atoms with E-state index in [2.05, 4.69) is 5.32 Å². The molecule has 278 valence electrons. The molecule has 5 rings (SSSR count). The average Bonchev–Trinajstić information content (AvgIpc) is 3.72. The number of hydrogen-bond acceptors (Lipinski definition) is 11. The number of carbonyl (C=O) groups is 1. The zero-order valence-corrected chi connectivity index (χ0v) is 30.4. The third-order valence-electron chi connectivity index (χ3n) is 8.43. The van der Waals surface area contributed by atoms with Gasteiger partial charge in [-0.05, 0) is 72.9 Å². The lowest BCUT2D eigenvalue weighted by Gasteiger charge is -2.31. The maximum Gasteiger partial charge on any atom is 0.413 e. The molecule has 2 aliphatic heterocycles. The van der Waals surface area contributed by atoms with Crippen LogP contribution in [0, 0.1) is 11.8 Å². The summed E-state index contributed by atoms with van der Waals surface area (Å²) in [6.07, 6.45) is -2.94. The van der Waals surface area contributed by atoms with Gasteiger partial charge in [-0.25, -0.2) is 17.8 Å². The highest BCUT2D eigenvalue weighted by Crippen LogP contribution is 2.42. The van der Waals surface area contributed by atoms with E-state index in [1.165, 1.54) is 23.5 Å². The van der Waals surface area contributed by atoms with Gasteiger partial charge in [0.05, 0.1) is 43.3 Å². The number of ether oxygens (including phenoxy) is 5. The van der Waals surface area contributed by atoms with Crippen LogP contribution in [0.3, 0.4) is 0 Å². The van der Waals surface area contributed by atoms with E-state index in [-0.39, 0.29) is 54.3 Å². The molecule has 2 aliphatic rings. The van der Waals surface area contributed by atoms with Crippen LogP contribution in [0.2, 0.25) is 0 Å². The van der Waals surface area contributed by atoms with Crippen LogP contribution in [0.25, 0.3) is 0 Å². The van der Waals surface area contributed by atoms with E-state index in [0.717, 1.165) is 0 Å². The minimum atomic E-state index is -4.12. The highest BCUT2D eigenvalue weighted by atomic mass is 32.2. The van der Waals surface area contributed by atoms with Crippen molar-refractivity contribution in [1.82, 2.24) is 9.62 Å². The smallest absolute Gasteiger partial charge is 0.413 e. The van der Waals surface area contributed by atoms with E-state index >= 15 is 0 Å². The van der Waals surface area contributed by atoms with Crippen molar-refractivity contribution in [2.24, 2.45) is 11.8 Å². The quantitative estimate of drug-likeness (QED) is 0.166. The molecule has 51 heavy (non-hydrogen) atoms. The van der Waals surface area contributed by atoms with Crippen LogP contribution in [0.5, 0.6) is 17.2 Å². The topological polar surface area (TPSA) is 179 Å². The number of benzene rings is 3. The fourth-order valence-corrected chi connectivity index (χ4v) is 8.31. The lowest BCUT2D eigenvalue weighted by molar-refractivity contribution is -0.0907. The third kappa shape index (κ3) is 10.7. The van der Waals surface area contributed by atoms with Crippen molar-refractivity contribution in [3.8, 4) is 17.2 Å². The van der Waals surface area contributed by atoms with Gasteiger partial charge in [0.1, 0.15) is 23.4 Å². The first kappa shape index (κ1) is 38.5. The highest BCUT2D eigenvalue weighted by molar-refractivity contribution is 7.89. The Hall–Kier alpha value is -3.69. The second-order valence-electron chi connectivity index (χ2n) is 12.8. The summed E-state index contributed by atoms with van der Waals surface area (Å²) >= 11 is 0. The molecule has 2 fully saturated rings. The molecule has 2 heterocycles. The molecule has 0 aliphatic carbocycles. The zero-order valence-electron chi connectivity index (χ0n) is 28.7. The summed E-state index contributed by atoms with van der Waals surface area (Å²) in [6.45, 7) is 4.20. The fourth-order valence-electron chi connectivity index (χ4n) is 5.87. The number of nitrogens with one attached hydrogen (secondary N) is 1. The molecule has 0 spiro atoms. The van der Waals surface area contributed by atoms with Gasteiger partial charge in [0.2, 0.25) is 10.0 Å². The molecule has 14 nitrogen and oxygen atoms in total. The first-order chi connectivity index (χ1) is 24.3. The number of carbonyl (C=O) groups excluding carboxylic acids is 1. The Balaban J connectivity index is 1.30. The number of para-hydroxylation sites is 1. The number of aliphatic hydroxyl groups excluding tert-OH is 1. The monoisotopic (exact) mass is 748 g/mol. The van der Waals surface area contributed by atoms with Gasteiger partial charge in [0, 0.05) is 13.1 Å². The van der Waals surface area contributed by atoms with Gasteiger partial charge in [-0.15, -0.1) is 0 Å². The molecule has 0 bridgehead atoms. The van der Waals surface area contributed by atoms with Gasteiger partial charge < -0.3 is 43.5 Å². The summed E-state index contributed by atoms with van der Waals surface area (Å²) in [5.74, 6) is 0.842. The molecule has 2 unspecified atom stereocenters. The zero-order chi connectivity index (χ0) is 36.6. The van der Waals surface area contributed by atoms with Crippen LogP contribution in [0.4, 0.5) is 4.79 Å². The van der Waals surface area contributed by atoms with Crippen molar-refractivity contribution in [3.63, 3.8) is 0 Å². The lowest BCUT2D eigenvalue weighted by Crippen LogP contribution is -2.51. The van der Waals surface area contributed by atoms with E-state index in [1.54, 1.807) is 66.7 Å². The Bertz CT molecular complexity index is 1730. The molecule has 16 heteroatoms. The number of aliphatic hydroxyl groups is 1. The SMILES string of the molecule is COc1ccc(S(=O)(=O)N(CC(C)C)C[C@@H](O)[C@H](Cc2ccc(OCP(=O)(O)Oc3ccccc3)cc2)NC(=O)O[C@H]2CO[C@H]3OCCC32)cc1. The van der Waals surface area contributed by atoms with E-state index in [4.69, 9.17) is 28.2 Å². The number of fused-ring (bicyclic) bond motifs is 1. The molecular weight excluding hydrogens is 703 g/mol. The van der Waals surface area contributed by atoms with Crippen molar-refractivity contribution in [2.45, 2.75) is 56.1 Å². The highest BCUT2D eigenvalue weighted by Gasteiger charge is 2.44. The Morgan fingerprint density at radius 3 is 2.33 bits per heavy atom. The third-order valence-corrected chi connectivity index (χ3v) is 11.2. The van der Waals surface area contributed by atoms with Gasteiger partial charge in [0.25, 0.3) is 0 Å². The molecule has 1 amide bonds. The number of methoxy groups -OCH3 is 1. The fraction of sp³-hybridized carbons (Fsp3) is 0.457. The number of hydrogen-bond donors (Lipinski definition) is 3. The summed E-state index contributed by atoms with van der Waals surface area (Å²) in [4.78, 5) is 23.5. The number of alkyl carbamates (subject to hydrolysis) is 1. The predicted molar refractivity (Wildman–Crippen MR) is 186 cm³/mol. The molecule has 3 aromatic rings. The largest absolute Gasteiger partial charge is 0.497 e. The predicted octanol–water partition coefficient (Wildman–Crippen LogP) is 4.40. The second-order valence-corrected chi connectivity index (χ2v) is 16.5. The van der Waals surface area contributed by atoms with Crippen LogP contribution in [0.1, 0.15) is 25.8 Å². The van der Waals surface area contributed by atoms with Crippen LogP contribution < -0.4 is 19.3 Å². The van der Waals surface area contributed by atoms with Gasteiger partial charge in [0.15, 0.2) is 12.6 Å². The number of nitrogens with zero attached hydrogens (tertiary/aromatic N) is 1. The summed E-state index contributed by atoms with van der Waals surface area (Å²) in [5.41, 5.74) is 0.654. The molecule has 0 radical (unpaired) electrons. The van der Waals surface area contributed by atoms with Gasteiger partial charge >= 0.3 is 13.7 Å². The molecule has 6 atom stereocenters. The van der Waals surface area contributed by atoms with Crippen molar-refractivity contribution in [2.75, 3.05) is 39.8 Å². The number of rotatable bonds is 17. The first-order valence-corrected chi connectivity index (χ1v) is 19.8. The first-order valence-electron chi connectivity index (χ1n) is 16.6. The standard InChI is InChI=1S/C35H45N2O12PS/c1-24(2)20-37(51(42,43)29-15-13-26(44-3)14-16-29)21-32(38)31(36-35(39)48-33-22-46-34-30(33)17-18-45-34)19-25-9-11-27(12-10-25)47-23-50(40,41)49-28-7-5-4-6-8-28/h4-16,24,30-34,38H,17-23H2,1-3H3,(H,36,39)(H,40,41)/t30?,31-,32+,33-,34+/m0/s1. The Morgan fingerprint density at radius 2 is 1.67 bits per heavy atom. The molecule has 3 aromatic carbocycles. The molecule has 3 N–H and O–H groups in total. The average molecular weight is 749 g/mol. The normalized spacial score (nSPS) is 21.0. The van der Waals surface area contributed by atoms with E-state index in [1.807, 2.05) is 13.8 Å². The van der Waals surface area contributed by atoms with Crippen molar-refractivity contribution < 1.29 is 56.0 Å². The Kier molecular flexibility index (Phi) is 13.0. The van der Waals surface area contributed by atoms with E-state index < -0.39 is 54.6 Å². The number of amides is 1. The Labute approximate surface area is 298 Å². The minimum Gasteiger partial charge on any atom is -0.497 e. The molecule has 2 saturated heterocycles. The number of sulfonamides is 1. The van der Waals surface area contributed by atoms with Crippen molar-refractivity contribution in [3.05, 3.63) is 84.4 Å². The summed E-state index contributed by atoms with van der Waals surface area (Å²) in [5, 5.41) is 14.4. The summed E-state index contributed by atoms with van der Waals surface area (Å²) < 4.78 is 74.0. The van der Waals surface area contributed by atoms with Gasteiger partial charge in [-0.2, -0.15) is 4.31 Å². The molecule has 0 aromatic heterocycles. The van der Waals surface area contributed by atoms with Crippen molar-refractivity contribution >= 4 is 23.7 Å². The van der Waals surface area contributed by atoms with Gasteiger partial charge in [-0.3, -0.25) is 0 Å². The summed E-state index contributed by atoms with van der Waals surface area (Å²) in [7, 11) is -6.69.